The number of rotatable bonds is 14. The Hall–Kier alpha value is -4.88. The van der Waals surface area contributed by atoms with Gasteiger partial charge in [-0.2, -0.15) is 0 Å². The predicted octanol–water partition coefficient (Wildman–Crippen LogP) is 7.15. The van der Waals surface area contributed by atoms with Crippen molar-refractivity contribution < 1.29 is 23.9 Å². The number of halogens is 1. The maximum atomic E-state index is 13.2. The molecule has 0 fully saturated rings. The number of methoxy groups -OCH3 is 1. The van der Waals surface area contributed by atoms with E-state index in [9.17, 15) is 14.4 Å². The fraction of sp³-hybridized carbons (Fsp3) is 0.194. The number of esters is 1. The number of ether oxygens (including phenoxy) is 2. The molecule has 0 spiro atoms. The van der Waals surface area contributed by atoms with Gasteiger partial charge < -0.3 is 19.7 Å². The zero-order valence-corrected chi connectivity index (χ0v) is 25.6. The summed E-state index contributed by atoms with van der Waals surface area (Å²) in [6, 6.07) is 30.0. The van der Waals surface area contributed by atoms with Crippen molar-refractivity contribution >= 4 is 40.6 Å². The molecule has 0 saturated heterocycles. The zero-order valence-electron chi connectivity index (χ0n) is 24.8. The standard InChI is InChI=1S/C36H35ClN2O5/c1-25(2)35(41)39(33-17-10-8-15-30(33)37)22-11-23-44-28-20-18-26(19-21-28)24-32(36(42)43-3)38-31-16-9-7-14-29(31)34(40)27-12-5-4-6-13-27/h4-10,12-21,32,38H,1,11,22-24H2,2-3H3/t32-/m0/s1. The summed E-state index contributed by atoms with van der Waals surface area (Å²) in [7, 11) is 1.34. The molecule has 0 aliphatic carbocycles. The van der Waals surface area contributed by atoms with Crippen LogP contribution >= 0.6 is 11.6 Å². The van der Waals surface area contributed by atoms with Crippen molar-refractivity contribution in [3.63, 3.8) is 0 Å². The number of nitrogens with zero attached hydrogens (tertiary/aromatic N) is 1. The van der Waals surface area contributed by atoms with Crippen LogP contribution in [0, 0.1) is 0 Å². The molecule has 7 nitrogen and oxygen atoms in total. The predicted molar refractivity (Wildman–Crippen MR) is 175 cm³/mol. The van der Waals surface area contributed by atoms with E-state index in [1.807, 2.05) is 60.7 Å². The SMILES string of the molecule is C=C(C)C(=O)N(CCCOc1ccc(C[C@H](Nc2ccccc2C(=O)c2ccccc2)C(=O)OC)cc1)c1ccccc1Cl. The third-order valence-corrected chi connectivity index (χ3v) is 7.25. The molecule has 4 rings (SSSR count). The van der Waals surface area contributed by atoms with Crippen LogP contribution in [-0.2, 0) is 20.7 Å². The fourth-order valence-electron chi connectivity index (χ4n) is 4.68. The molecule has 0 saturated carbocycles. The van der Waals surface area contributed by atoms with E-state index in [0.717, 1.165) is 5.56 Å². The molecule has 4 aromatic carbocycles. The van der Waals surface area contributed by atoms with E-state index in [-0.39, 0.29) is 11.7 Å². The summed E-state index contributed by atoms with van der Waals surface area (Å²) in [6.07, 6.45) is 0.901. The Bertz CT molecular complexity index is 1600. The number of nitrogens with one attached hydrogen (secondary N) is 1. The number of anilines is 2. The van der Waals surface area contributed by atoms with Gasteiger partial charge in [-0.25, -0.2) is 4.79 Å². The van der Waals surface area contributed by atoms with Crippen LogP contribution in [0.5, 0.6) is 5.75 Å². The number of amides is 1. The second-order valence-electron chi connectivity index (χ2n) is 10.2. The molecule has 1 amide bonds. The highest BCUT2D eigenvalue weighted by Gasteiger charge is 2.23. The first-order chi connectivity index (χ1) is 21.3. The minimum atomic E-state index is -0.724. The van der Waals surface area contributed by atoms with Gasteiger partial charge in [0.05, 0.1) is 24.4 Å². The zero-order chi connectivity index (χ0) is 31.5. The Morgan fingerprint density at radius 3 is 2.23 bits per heavy atom. The van der Waals surface area contributed by atoms with Crippen molar-refractivity contribution in [1.82, 2.24) is 0 Å². The largest absolute Gasteiger partial charge is 0.494 e. The molecular formula is C36H35ClN2O5. The topological polar surface area (TPSA) is 84.9 Å². The smallest absolute Gasteiger partial charge is 0.328 e. The minimum Gasteiger partial charge on any atom is -0.494 e. The molecule has 226 valence electrons. The van der Waals surface area contributed by atoms with E-state index in [1.165, 1.54) is 7.11 Å². The van der Waals surface area contributed by atoms with Crippen molar-refractivity contribution in [2.24, 2.45) is 0 Å². The Kier molecular flexibility index (Phi) is 11.3. The van der Waals surface area contributed by atoms with Crippen LogP contribution in [0.15, 0.2) is 115 Å². The molecule has 0 aliphatic rings. The van der Waals surface area contributed by atoms with Crippen LogP contribution in [-0.4, -0.2) is 44.0 Å². The molecule has 0 bridgehead atoms. The summed E-state index contributed by atoms with van der Waals surface area (Å²) < 4.78 is 11.0. The van der Waals surface area contributed by atoms with Crippen molar-refractivity contribution in [3.05, 3.63) is 137 Å². The normalized spacial score (nSPS) is 11.2. The average Bonchev–Trinajstić information content (AvgIpc) is 3.05. The van der Waals surface area contributed by atoms with Gasteiger partial charge in [-0.15, -0.1) is 0 Å². The van der Waals surface area contributed by atoms with E-state index in [0.29, 0.717) is 64.8 Å². The number of benzene rings is 4. The van der Waals surface area contributed by atoms with E-state index in [1.54, 1.807) is 54.3 Å². The van der Waals surface area contributed by atoms with Crippen LogP contribution in [0.3, 0.4) is 0 Å². The summed E-state index contributed by atoms with van der Waals surface area (Å²) in [6.45, 7) is 6.25. The van der Waals surface area contributed by atoms with Crippen LogP contribution in [0.2, 0.25) is 5.02 Å². The summed E-state index contributed by atoms with van der Waals surface area (Å²) in [5.74, 6) is -0.119. The number of para-hydroxylation sites is 2. The first-order valence-corrected chi connectivity index (χ1v) is 14.6. The van der Waals surface area contributed by atoms with Gasteiger partial charge in [-0.1, -0.05) is 84.9 Å². The maximum Gasteiger partial charge on any atom is 0.328 e. The van der Waals surface area contributed by atoms with Gasteiger partial charge in [-0.3, -0.25) is 9.59 Å². The van der Waals surface area contributed by atoms with Gasteiger partial charge in [0.1, 0.15) is 11.8 Å². The van der Waals surface area contributed by atoms with Crippen molar-refractivity contribution in [1.29, 1.82) is 0 Å². The van der Waals surface area contributed by atoms with E-state index >= 15 is 0 Å². The first kappa shape index (κ1) is 32.0. The summed E-state index contributed by atoms with van der Waals surface area (Å²) in [5, 5.41) is 3.71. The number of carbonyl (C=O) groups is 3. The third kappa shape index (κ3) is 8.36. The van der Waals surface area contributed by atoms with Gasteiger partial charge >= 0.3 is 5.97 Å². The number of hydrogen-bond donors (Lipinski definition) is 1. The highest BCUT2D eigenvalue weighted by molar-refractivity contribution is 6.34. The molecule has 0 aliphatic heterocycles. The minimum absolute atomic E-state index is 0.141. The molecule has 1 atom stereocenters. The molecule has 1 N–H and O–H groups in total. The molecule has 8 heteroatoms. The lowest BCUT2D eigenvalue weighted by Crippen LogP contribution is -2.33. The van der Waals surface area contributed by atoms with Crippen LogP contribution in [0.25, 0.3) is 0 Å². The van der Waals surface area contributed by atoms with E-state index in [2.05, 4.69) is 11.9 Å². The second kappa shape index (κ2) is 15.5. The van der Waals surface area contributed by atoms with Crippen molar-refractivity contribution in [2.75, 3.05) is 30.5 Å². The molecule has 4 aromatic rings. The number of carbonyl (C=O) groups excluding carboxylic acids is 3. The highest BCUT2D eigenvalue weighted by atomic mass is 35.5. The van der Waals surface area contributed by atoms with Crippen molar-refractivity contribution in [3.8, 4) is 5.75 Å². The second-order valence-corrected chi connectivity index (χ2v) is 10.6. The Labute approximate surface area is 263 Å². The van der Waals surface area contributed by atoms with Crippen LogP contribution < -0.4 is 15.0 Å². The summed E-state index contributed by atoms with van der Waals surface area (Å²) in [5.41, 5.74) is 3.51. The molecular weight excluding hydrogens is 576 g/mol. The Balaban J connectivity index is 1.38. The maximum absolute atomic E-state index is 13.2. The molecule has 0 heterocycles. The summed E-state index contributed by atoms with van der Waals surface area (Å²) >= 11 is 6.34. The van der Waals surface area contributed by atoms with Gasteiger partial charge in [0, 0.05) is 35.4 Å². The monoisotopic (exact) mass is 610 g/mol. The Morgan fingerprint density at radius 2 is 1.55 bits per heavy atom. The number of ketones is 1. The summed E-state index contributed by atoms with van der Waals surface area (Å²) in [4.78, 5) is 40.3. The number of hydrogen-bond acceptors (Lipinski definition) is 6. The van der Waals surface area contributed by atoms with Crippen LogP contribution in [0.4, 0.5) is 11.4 Å². The fourth-order valence-corrected chi connectivity index (χ4v) is 4.92. The quantitative estimate of drug-likeness (QED) is 0.0707. The molecule has 0 radical (unpaired) electrons. The van der Waals surface area contributed by atoms with Crippen molar-refractivity contribution in [2.45, 2.75) is 25.8 Å². The highest BCUT2D eigenvalue weighted by Crippen LogP contribution is 2.27. The Morgan fingerprint density at radius 1 is 0.886 bits per heavy atom. The van der Waals surface area contributed by atoms with Gasteiger partial charge in [0.15, 0.2) is 5.78 Å². The third-order valence-electron chi connectivity index (χ3n) is 6.93. The average molecular weight is 611 g/mol. The lowest BCUT2D eigenvalue weighted by atomic mass is 10.00. The van der Waals surface area contributed by atoms with Gasteiger partial charge in [0.25, 0.3) is 5.91 Å². The lowest BCUT2D eigenvalue weighted by molar-refractivity contribution is -0.141. The molecule has 0 aromatic heterocycles. The van der Waals surface area contributed by atoms with Gasteiger partial charge in [-0.05, 0) is 55.3 Å². The lowest BCUT2D eigenvalue weighted by Gasteiger charge is -2.24. The molecule has 0 unspecified atom stereocenters. The first-order valence-electron chi connectivity index (χ1n) is 14.2. The van der Waals surface area contributed by atoms with E-state index < -0.39 is 12.0 Å². The van der Waals surface area contributed by atoms with E-state index in [4.69, 9.17) is 21.1 Å². The molecule has 44 heavy (non-hydrogen) atoms. The van der Waals surface area contributed by atoms with Gasteiger partial charge in [0.2, 0.25) is 0 Å². The van der Waals surface area contributed by atoms with Crippen LogP contribution in [0.1, 0.15) is 34.8 Å².